The highest BCUT2D eigenvalue weighted by Crippen LogP contribution is 2.75. The number of allylic oxidation sites excluding steroid dienone is 1. The van der Waals surface area contributed by atoms with Crippen LogP contribution in [0.5, 0.6) is 0 Å². The summed E-state index contributed by atoms with van der Waals surface area (Å²) in [7, 11) is 1.50. The molecule has 5 fully saturated rings. The Kier molecular flexibility index (Phi) is 10.4. The summed E-state index contributed by atoms with van der Waals surface area (Å²) in [6.45, 7) is 20.5. The number of aliphatic hydroxyl groups excluding tert-OH is 1. The third-order valence-electron chi connectivity index (χ3n) is 12.3. The molecule has 0 radical (unpaired) electrons. The predicted octanol–water partition coefficient (Wildman–Crippen LogP) is 8.63. The molecule has 0 aromatic carbocycles. The molecule has 0 aromatic rings. The van der Waals surface area contributed by atoms with Crippen molar-refractivity contribution in [2.24, 2.45) is 57.0 Å². The van der Waals surface area contributed by atoms with Gasteiger partial charge in [0.2, 0.25) is 0 Å². The van der Waals surface area contributed by atoms with Crippen molar-refractivity contribution in [3.8, 4) is 0 Å². The van der Waals surface area contributed by atoms with Gasteiger partial charge in [-0.25, -0.2) is 0 Å². The lowest BCUT2D eigenvalue weighted by Gasteiger charge is -2.71. The molecule has 3 N–H and O–H groups in total. The van der Waals surface area contributed by atoms with E-state index in [0.29, 0.717) is 28.3 Å². The zero-order chi connectivity index (χ0) is 25.8. The van der Waals surface area contributed by atoms with Crippen molar-refractivity contribution in [1.82, 2.24) is 0 Å². The van der Waals surface area contributed by atoms with E-state index < -0.39 is 0 Å². The summed E-state index contributed by atoms with van der Waals surface area (Å²) in [6.07, 6.45) is 18.9. The molecule has 0 spiro atoms. The van der Waals surface area contributed by atoms with Gasteiger partial charge in [0.05, 0.1) is 0 Å². The minimum absolute atomic E-state index is 0.299. The molecule has 0 heterocycles. The van der Waals surface area contributed by atoms with Crippen molar-refractivity contribution in [3.63, 3.8) is 0 Å². The Bertz CT molecular complexity index is 647. The van der Waals surface area contributed by atoms with Crippen LogP contribution in [0.1, 0.15) is 126 Å². The lowest BCUT2D eigenvalue weighted by molar-refractivity contribution is -0.228. The van der Waals surface area contributed by atoms with E-state index in [1.54, 1.807) is 6.08 Å². The van der Waals surface area contributed by atoms with E-state index in [4.69, 9.17) is 0 Å². The largest absolute Gasteiger partial charge is 0.396 e. The fourth-order valence-electron chi connectivity index (χ4n) is 10.7. The normalized spacial score (nSPS) is 48.5. The number of fused-ring (bicyclic) bond motifs is 7. The molecule has 0 amide bonds. The van der Waals surface area contributed by atoms with Crippen molar-refractivity contribution in [1.29, 1.82) is 0 Å². The van der Waals surface area contributed by atoms with E-state index >= 15 is 0 Å². The summed E-state index contributed by atoms with van der Waals surface area (Å²) >= 11 is 0. The molecule has 5 aliphatic carbocycles. The van der Waals surface area contributed by atoms with Gasteiger partial charge in [-0.3, -0.25) is 0 Å². The van der Waals surface area contributed by atoms with Gasteiger partial charge >= 0.3 is 0 Å². The van der Waals surface area contributed by atoms with Crippen molar-refractivity contribution < 1.29 is 5.11 Å². The van der Waals surface area contributed by atoms with Gasteiger partial charge in [-0.2, -0.15) is 0 Å². The standard InChI is InChI=1S/C26H44O.C3H6.C2H6.CH5N/c1-18-7-5-12-23(2)19(18)11-14-25(4)22(23)10-9-20-21-8-6-13-26(21,17-27)16-15-24(20,25)3;1-3-2;2*1-2/h18-22,27H,5-17H2,1-4H3;3H,1H2,2H3;1-2H3;2H2,1H3/t18?,19?,20?,21-,22?,23?,24-,25?,26?;;;/m1.../s1. The van der Waals surface area contributed by atoms with E-state index in [1.807, 2.05) is 20.8 Å². The van der Waals surface area contributed by atoms with Crippen LogP contribution >= 0.6 is 0 Å². The Labute approximate surface area is 213 Å². The summed E-state index contributed by atoms with van der Waals surface area (Å²) in [5, 5.41) is 10.3. The molecule has 0 aromatic heterocycles. The second kappa shape index (κ2) is 11.8. The van der Waals surface area contributed by atoms with Gasteiger partial charge in [0.25, 0.3) is 0 Å². The smallest absolute Gasteiger partial charge is 0.0490 e. The number of aliphatic hydroxyl groups is 1. The molecule has 7 unspecified atom stereocenters. The SMILES string of the molecule is C=CC.CC.CC1CCCC2(C)C1CCC1(C)C2CCC2[C@H]3CCCC3(CO)CC[C@]21C.CN. The first-order valence-electron chi connectivity index (χ1n) is 15.0. The zero-order valence-corrected chi connectivity index (χ0v) is 24.4. The van der Waals surface area contributed by atoms with Gasteiger partial charge in [0.1, 0.15) is 0 Å². The zero-order valence-electron chi connectivity index (χ0n) is 24.4. The second-order valence-corrected chi connectivity index (χ2v) is 13.0. The number of hydrogen-bond donors (Lipinski definition) is 2. The Morgan fingerprint density at radius 1 is 0.794 bits per heavy atom. The third kappa shape index (κ3) is 4.46. The monoisotopic (exact) mass is 475 g/mol. The quantitative estimate of drug-likeness (QED) is 0.373. The summed E-state index contributed by atoms with van der Waals surface area (Å²) in [5.74, 6) is 4.56. The van der Waals surface area contributed by atoms with Crippen LogP contribution in [0.3, 0.4) is 0 Å². The summed E-state index contributed by atoms with van der Waals surface area (Å²) in [6, 6.07) is 0. The molecular weight excluding hydrogens is 414 g/mol. The van der Waals surface area contributed by atoms with E-state index in [2.05, 4.69) is 40.0 Å². The average Bonchev–Trinajstić information content (AvgIpc) is 3.27. The van der Waals surface area contributed by atoms with E-state index in [1.165, 1.54) is 84.1 Å². The van der Waals surface area contributed by atoms with Gasteiger partial charge in [0, 0.05) is 6.61 Å². The molecule has 9 atom stereocenters. The summed E-state index contributed by atoms with van der Waals surface area (Å²) < 4.78 is 0. The maximum atomic E-state index is 10.3. The molecule has 0 aliphatic heterocycles. The predicted molar refractivity (Wildman–Crippen MR) is 150 cm³/mol. The van der Waals surface area contributed by atoms with E-state index in [9.17, 15) is 5.11 Å². The number of rotatable bonds is 1. The topological polar surface area (TPSA) is 46.2 Å². The van der Waals surface area contributed by atoms with Gasteiger partial charge in [0.15, 0.2) is 0 Å². The van der Waals surface area contributed by atoms with Crippen LogP contribution in [0, 0.1) is 51.2 Å². The number of hydrogen-bond acceptors (Lipinski definition) is 2. The Morgan fingerprint density at radius 3 is 2.03 bits per heavy atom. The van der Waals surface area contributed by atoms with Crippen LogP contribution < -0.4 is 5.73 Å². The van der Waals surface area contributed by atoms with Crippen molar-refractivity contribution in [2.75, 3.05) is 13.7 Å². The minimum Gasteiger partial charge on any atom is -0.396 e. The average molecular weight is 476 g/mol. The Balaban J connectivity index is 0.000000531. The van der Waals surface area contributed by atoms with Crippen molar-refractivity contribution in [3.05, 3.63) is 12.7 Å². The second-order valence-electron chi connectivity index (χ2n) is 13.0. The molecule has 5 rings (SSSR count). The van der Waals surface area contributed by atoms with Crippen LogP contribution in [0.2, 0.25) is 0 Å². The van der Waals surface area contributed by atoms with E-state index in [-0.39, 0.29) is 0 Å². The fourth-order valence-corrected chi connectivity index (χ4v) is 10.7. The molecule has 5 aliphatic rings. The van der Waals surface area contributed by atoms with Gasteiger partial charge < -0.3 is 10.8 Å². The van der Waals surface area contributed by atoms with Crippen molar-refractivity contribution >= 4 is 0 Å². The van der Waals surface area contributed by atoms with Crippen LogP contribution in [0.4, 0.5) is 0 Å². The highest BCUT2D eigenvalue weighted by atomic mass is 16.3. The van der Waals surface area contributed by atoms with Crippen LogP contribution in [-0.4, -0.2) is 18.8 Å². The lowest BCUT2D eigenvalue weighted by Crippen LogP contribution is -2.64. The molecule has 0 bridgehead atoms. The van der Waals surface area contributed by atoms with Gasteiger partial charge in [-0.05, 0) is 123 Å². The molecule has 2 nitrogen and oxygen atoms in total. The Hall–Kier alpha value is -0.340. The molecule has 0 saturated heterocycles. The molecule has 5 saturated carbocycles. The van der Waals surface area contributed by atoms with Crippen LogP contribution in [-0.2, 0) is 0 Å². The number of nitrogens with two attached hydrogens (primary N) is 1. The first kappa shape index (κ1) is 29.9. The van der Waals surface area contributed by atoms with Crippen molar-refractivity contribution in [2.45, 2.75) is 126 Å². The lowest BCUT2D eigenvalue weighted by atomic mass is 9.33. The molecule has 200 valence electrons. The van der Waals surface area contributed by atoms with Crippen LogP contribution in [0.25, 0.3) is 0 Å². The first-order valence-corrected chi connectivity index (χ1v) is 15.0. The maximum absolute atomic E-state index is 10.3. The minimum atomic E-state index is 0.299. The van der Waals surface area contributed by atoms with Crippen LogP contribution in [0.15, 0.2) is 12.7 Å². The molecule has 2 heteroatoms. The summed E-state index contributed by atoms with van der Waals surface area (Å²) in [4.78, 5) is 0. The Morgan fingerprint density at radius 2 is 1.41 bits per heavy atom. The first-order chi connectivity index (χ1) is 16.2. The fraction of sp³-hybridized carbons (Fsp3) is 0.938. The molecular formula is C32H61NO. The third-order valence-corrected chi connectivity index (χ3v) is 12.3. The highest BCUT2D eigenvalue weighted by Gasteiger charge is 2.68. The van der Waals surface area contributed by atoms with Gasteiger partial charge in [-0.1, -0.05) is 66.9 Å². The van der Waals surface area contributed by atoms with Gasteiger partial charge in [-0.15, -0.1) is 6.58 Å². The highest BCUT2D eigenvalue weighted by molar-refractivity contribution is 5.17. The summed E-state index contributed by atoms with van der Waals surface area (Å²) in [5.41, 5.74) is 6.44. The van der Waals surface area contributed by atoms with E-state index in [0.717, 1.165) is 29.6 Å². The maximum Gasteiger partial charge on any atom is 0.0490 e. The molecule has 34 heavy (non-hydrogen) atoms.